The summed E-state index contributed by atoms with van der Waals surface area (Å²) < 4.78 is 0. The van der Waals surface area contributed by atoms with E-state index in [0.717, 1.165) is 22.1 Å². The fourth-order valence-electron chi connectivity index (χ4n) is 2.13. The predicted molar refractivity (Wildman–Crippen MR) is 87.3 cm³/mol. The van der Waals surface area contributed by atoms with E-state index < -0.39 is 0 Å². The second-order valence-corrected chi connectivity index (χ2v) is 5.60. The summed E-state index contributed by atoms with van der Waals surface area (Å²) in [5, 5.41) is 3.35. The molecule has 6 nitrogen and oxygen atoms in total. The second kappa shape index (κ2) is 7.22. The lowest BCUT2D eigenvalue weighted by molar-refractivity contribution is -0.116. The van der Waals surface area contributed by atoms with Crippen molar-refractivity contribution in [1.82, 2.24) is 15.0 Å². The molecule has 22 heavy (non-hydrogen) atoms. The highest BCUT2D eigenvalue weighted by Gasteiger charge is 2.11. The van der Waals surface area contributed by atoms with Gasteiger partial charge < -0.3 is 10.3 Å². The van der Waals surface area contributed by atoms with Crippen LogP contribution in [0.15, 0.2) is 28.4 Å². The van der Waals surface area contributed by atoms with E-state index in [-0.39, 0.29) is 23.4 Å². The van der Waals surface area contributed by atoms with E-state index in [1.807, 2.05) is 20.1 Å². The van der Waals surface area contributed by atoms with Crippen LogP contribution in [0.2, 0.25) is 0 Å². The molecule has 0 bridgehead atoms. The van der Waals surface area contributed by atoms with Crippen LogP contribution in [-0.2, 0) is 11.2 Å². The number of thioether (sulfide) groups is 1. The predicted octanol–water partition coefficient (Wildman–Crippen LogP) is 2.07. The molecule has 0 fully saturated rings. The molecule has 2 aromatic heterocycles. The summed E-state index contributed by atoms with van der Waals surface area (Å²) >= 11 is 1.49. The summed E-state index contributed by atoms with van der Waals surface area (Å²) in [7, 11) is 0. The number of carbonyl (C=O) groups is 1. The highest BCUT2D eigenvalue weighted by Crippen LogP contribution is 2.17. The smallest absolute Gasteiger partial charge is 0.224 e. The Kier molecular flexibility index (Phi) is 5.32. The minimum absolute atomic E-state index is 0.204. The average Bonchev–Trinajstić information content (AvgIpc) is 2.48. The van der Waals surface area contributed by atoms with Crippen molar-refractivity contribution in [3.8, 4) is 0 Å². The molecule has 2 aromatic rings. The van der Waals surface area contributed by atoms with E-state index in [1.165, 1.54) is 30.2 Å². The molecule has 0 radical (unpaired) electrons. The van der Waals surface area contributed by atoms with E-state index in [4.69, 9.17) is 0 Å². The summed E-state index contributed by atoms with van der Waals surface area (Å²) in [6, 6.07) is 1.37. The maximum atomic E-state index is 12.0. The lowest BCUT2D eigenvalue weighted by Crippen LogP contribution is -2.18. The summed E-state index contributed by atoms with van der Waals surface area (Å²) in [4.78, 5) is 35.1. The summed E-state index contributed by atoms with van der Waals surface area (Å²) in [6.45, 7) is 3.84. The Morgan fingerprint density at radius 3 is 2.59 bits per heavy atom. The van der Waals surface area contributed by atoms with Crippen molar-refractivity contribution in [2.75, 3.05) is 11.6 Å². The fourth-order valence-corrected chi connectivity index (χ4v) is 2.58. The quantitative estimate of drug-likeness (QED) is 0.651. The van der Waals surface area contributed by atoms with Crippen molar-refractivity contribution in [3.63, 3.8) is 0 Å². The van der Waals surface area contributed by atoms with E-state index >= 15 is 0 Å². The minimum atomic E-state index is -0.216. The molecular formula is C15H18N4O2S. The zero-order chi connectivity index (χ0) is 16.1. The van der Waals surface area contributed by atoms with Crippen molar-refractivity contribution in [2.24, 2.45) is 0 Å². The van der Waals surface area contributed by atoms with Crippen LogP contribution < -0.4 is 10.7 Å². The highest BCUT2D eigenvalue weighted by molar-refractivity contribution is 7.98. The number of nitrogens with zero attached hydrogens (tertiary/aromatic N) is 2. The normalized spacial score (nSPS) is 10.5. The maximum absolute atomic E-state index is 12.0. The molecule has 0 atom stereocenters. The van der Waals surface area contributed by atoms with E-state index in [2.05, 4.69) is 20.3 Å². The molecule has 2 heterocycles. The van der Waals surface area contributed by atoms with Gasteiger partial charge in [0, 0.05) is 36.3 Å². The van der Waals surface area contributed by atoms with Crippen molar-refractivity contribution in [3.05, 3.63) is 45.6 Å². The molecule has 0 spiro atoms. The van der Waals surface area contributed by atoms with E-state index in [1.54, 1.807) is 0 Å². The largest absolute Gasteiger partial charge is 0.366 e. The molecule has 0 aliphatic rings. The van der Waals surface area contributed by atoms with Gasteiger partial charge in [0.15, 0.2) is 5.16 Å². The number of nitrogens with one attached hydrogen (secondary N) is 2. The summed E-state index contributed by atoms with van der Waals surface area (Å²) in [6.07, 6.45) is 5.75. The van der Waals surface area contributed by atoms with E-state index in [0.29, 0.717) is 6.42 Å². The number of aromatic amines is 1. The number of amides is 1. The van der Waals surface area contributed by atoms with Gasteiger partial charge in [-0.15, -0.1) is 0 Å². The zero-order valence-electron chi connectivity index (χ0n) is 12.8. The third-order valence-corrected chi connectivity index (χ3v) is 3.83. The number of carbonyl (C=O) groups excluding carboxylic acids is 1. The van der Waals surface area contributed by atoms with Crippen LogP contribution in [0.1, 0.15) is 23.4 Å². The van der Waals surface area contributed by atoms with Crippen molar-refractivity contribution < 1.29 is 4.79 Å². The number of anilines is 1. The second-order valence-electron chi connectivity index (χ2n) is 4.83. The summed E-state index contributed by atoms with van der Waals surface area (Å²) in [5.74, 6) is -0.204. The Morgan fingerprint density at radius 2 is 2.00 bits per heavy atom. The Labute approximate surface area is 132 Å². The van der Waals surface area contributed by atoms with Gasteiger partial charge in [-0.3, -0.25) is 9.59 Å². The highest BCUT2D eigenvalue weighted by atomic mass is 32.2. The van der Waals surface area contributed by atoms with Crippen molar-refractivity contribution in [2.45, 2.75) is 31.8 Å². The first-order chi connectivity index (χ1) is 10.5. The topological polar surface area (TPSA) is 87.7 Å². The number of aromatic nitrogens is 3. The lowest BCUT2D eigenvalue weighted by Gasteiger charge is -2.10. The van der Waals surface area contributed by atoms with Crippen molar-refractivity contribution >= 4 is 23.4 Å². The lowest BCUT2D eigenvalue weighted by atomic mass is 10.1. The number of hydrogen-bond donors (Lipinski definition) is 2. The molecule has 116 valence electrons. The monoisotopic (exact) mass is 318 g/mol. The fraction of sp³-hybridized carbons (Fsp3) is 0.333. The van der Waals surface area contributed by atoms with Gasteiger partial charge in [-0.2, -0.15) is 0 Å². The van der Waals surface area contributed by atoms with Gasteiger partial charge in [0.2, 0.25) is 11.3 Å². The van der Waals surface area contributed by atoms with Crippen LogP contribution in [-0.4, -0.2) is 27.1 Å². The van der Waals surface area contributed by atoms with Crippen molar-refractivity contribution in [1.29, 1.82) is 0 Å². The van der Waals surface area contributed by atoms with Gasteiger partial charge in [-0.1, -0.05) is 11.8 Å². The van der Waals surface area contributed by atoms with Gasteiger partial charge in [0.25, 0.3) is 0 Å². The zero-order valence-corrected chi connectivity index (χ0v) is 13.6. The van der Waals surface area contributed by atoms with Crippen LogP contribution in [0.3, 0.4) is 0 Å². The number of H-pyrrole nitrogens is 1. The molecule has 0 saturated heterocycles. The number of hydrogen-bond acceptors (Lipinski definition) is 5. The Bertz CT molecular complexity index is 719. The first-order valence-electron chi connectivity index (χ1n) is 6.86. The number of pyridine rings is 1. The Hall–Kier alpha value is -2.15. The van der Waals surface area contributed by atoms with E-state index in [9.17, 15) is 9.59 Å². The molecule has 0 aromatic carbocycles. The molecule has 7 heteroatoms. The Balaban J connectivity index is 2.03. The Morgan fingerprint density at radius 1 is 1.32 bits per heavy atom. The van der Waals surface area contributed by atoms with Crippen LogP contribution in [0.25, 0.3) is 0 Å². The third kappa shape index (κ3) is 3.94. The molecule has 0 unspecified atom stereocenters. The van der Waals surface area contributed by atoms with Crippen LogP contribution in [0.4, 0.5) is 5.69 Å². The summed E-state index contributed by atoms with van der Waals surface area (Å²) in [5.41, 5.74) is 2.81. The molecule has 1 amide bonds. The molecule has 0 aliphatic heterocycles. The van der Waals surface area contributed by atoms with Gasteiger partial charge >= 0.3 is 0 Å². The van der Waals surface area contributed by atoms with Crippen LogP contribution in [0.5, 0.6) is 0 Å². The van der Waals surface area contributed by atoms with Gasteiger partial charge in [0.1, 0.15) is 5.69 Å². The average molecular weight is 318 g/mol. The minimum Gasteiger partial charge on any atom is -0.366 e. The molecule has 2 rings (SSSR count). The van der Waals surface area contributed by atoms with Gasteiger partial charge in [-0.25, -0.2) is 9.97 Å². The first kappa shape index (κ1) is 16.2. The van der Waals surface area contributed by atoms with Crippen LogP contribution >= 0.6 is 11.8 Å². The number of aryl methyl sites for hydroxylation is 2. The maximum Gasteiger partial charge on any atom is 0.224 e. The standard InChI is InChI=1S/C15H18N4O2S/c1-9-11(10(2)18-15(17-9)22-3)4-5-14(21)19-12-8-16-7-6-13(12)20/h6-8H,4-5H2,1-3H3,(H,16,20)(H,19,21). The first-order valence-corrected chi connectivity index (χ1v) is 8.08. The molecular weight excluding hydrogens is 300 g/mol. The van der Waals surface area contributed by atoms with Crippen LogP contribution in [0, 0.1) is 13.8 Å². The number of rotatable bonds is 5. The molecule has 0 saturated carbocycles. The molecule has 0 aliphatic carbocycles. The molecule has 2 N–H and O–H groups in total. The SMILES string of the molecule is CSc1nc(C)c(CCC(=O)Nc2c[nH]ccc2=O)c(C)n1. The third-order valence-electron chi connectivity index (χ3n) is 3.28. The van der Waals surface area contributed by atoms with Gasteiger partial charge in [0.05, 0.1) is 0 Å². The van der Waals surface area contributed by atoms with Gasteiger partial charge in [-0.05, 0) is 32.1 Å².